The van der Waals surface area contributed by atoms with E-state index in [4.69, 9.17) is 5.73 Å². The smallest absolute Gasteiger partial charge is 0.237 e. The highest BCUT2D eigenvalue weighted by atomic mass is 16.2. The summed E-state index contributed by atoms with van der Waals surface area (Å²) in [5.74, 6) is 0.128. The largest absolute Gasteiger partial charge is 0.356 e. The van der Waals surface area contributed by atoms with Crippen molar-refractivity contribution >= 4 is 11.8 Å². The number of benzene rings is 2. The number of amides is 2. The van der Waals surface area contributed by atoms with Crippen LogP contribution in [0.1, 0.15) is 37.3 Å². The van der Waals surface area contributed by atoms with Crippen molar-refractivity contribution < 1.29 is 9.59 Å². The summed E-state index contributed by atoms with van der Waals surface area (Å²) >= 11 is 0. The maximum absolute atomic E-state index is 13.0. The van der Waals surface area contributed by atoms with Crippen molar-refractivity contribution in [1.29, 1.82) is 0 Å². The van der Waals surface area contributed by atoms with Crippen LogP contribution in [0.15, 0.2) is 60.7 Å². The molecule has 2 unspecified atom stereocenters. The van der Waals surface area contributed by atoms with Crippen LogP contribution in [-0.2, 0) is 22.4 Å². The lowest BCUT2D eigenvalue weighted by atomic mass is 9.87. The van der Waals surface area contributed by atoms with E-state index in [0.717, 1.165) is 30.4 Å². The molecule has 2 amide bonds. The van der Waals surface area contributed by atoms with Crippen LogP contribution in [0.25, 0.3) is 0 Å². The van der Waals surface area contributed by atoms with Crippen molar-refractivity contribution in [3.63, 3.8) is 0 Å². The molecule has 5 heteroatoms. The van der Waals surface area contributed by atoms with E-state index in [9.17, 15) is 9.59 Å². The molecule has 1 fully saturated rings. The van der Waals surface area contributed by atoms with E-state index < -0.39 is 6.04 Å². The first-order chi connectivity index (χ1) is 14.6. The minimum atomic E-state index is -0.651. The number of hydrogen-bond donors (Lipinski definition) is 3. The Morgan fingerprint density at radius 1 is 0.933 bits per heavy atom. The molecule has 1 saturated carbocycles. The van der Waals surface area contributed by atoms with Gasteiger partial charge < -0.3 is 16.4 Å². The topological polar surface area (TPSA) is 84.2 Å². The fourth-order valence-corrected chi connectivity index (χ4v) is 3.88. The van der Waals surface area contributed by atoms with Crippen LogP contribution >= 0.6 is 0 Å². The number of rotatable bonds is 11. The monoisotopic (exact) mass is 407 g/mol. The Morgan fingerprint density at radius 2 is 1.50 bits per heavy atom. The maximum Gasteiger partial charge on any atom is 0.237 e. The van der Waals surface area contributed by atoms with Crippen LogP contribution in [0.2, 0.25) is 0 Å². The van der Waals surface area contributed by atoms with E-state index >= 15 is 0 Å². The molecule has 2 aromatic rings. The van der Waals surface area contributed by atoms with E-state index in [0.29, 0.717) is 25.3 Å². The van der Waals surface area contributed by atoms with Gasteiger partial charge in [0.15, 0.2) is 0 Å². The molecule has 2 aromatic carbocycles. The Morgan fingerprint density at radius 3 is 2.03 bits per heavy atom. The summed E-state index contributed by atoms with van der Waals surface area (Å²) in [5, 5.41) is 6.10. The van der Waals surface area contributed by atoms with E-state index in [1.54, 1.807) is 0 Å². The van der Waals surface area contributed by atoms with E-state index in [1.165, 1.54) is 0 Å². The minimum Gasteiger partial charge on any atom is -0.356 e. The molecule has 0 radical (unpaired) electrons. The fourth-order valence-electron chi connectivity index (χ4n) is 3.88. The summed E-state index contributed by atoms with van der Waals surface area (Å²) in [6, 6.07) is 18.8. The molecule has 0 aliphatic heterocycles. The summed E-state index contributed by atoms with van der Waals surface area (Å²) in [6.45, 7) is 2.51. The molecule has 0 aromatic heterocycles. The molecule has 5 nitrogen and oxygen atoms in total. The van der Waals surface area contributed by atoms with Crippen LogP contribution < -0.4 is 16.4 Å². The lowest BCUT2D eigenvalue weighted by Gasteiger charge is -2.29. The molecule has 0 heterocycles. The molecule has 3 rings (SSSR count). The molecule has 30 heavy (non-hydrogen) atoms. The predicted molar refractivity (Wildman–Crippen MR) is 120 cm³/mol. The molecule has 3 atom stereocenters. The Kier molecular flexibility index (Phi) is 8.03. The predicted octanol–water partition coefficient (Wildman–Crippen LogP) is 2.84. The van der Waals surface area contributed by atoms with Crippen LogP contribution in [0.4, 0.5) is 0 Å². The Bertz CT molecular complexity index is 806. The average molecular weight is 408 g/mol. The van der Waals surface area contributed by atoms with Gasteiger partial charge in [-0.2, -0.15) is 0 Å². The minimum absolute atomic E-state index is 0.0160. The van der Waals surface area contributed by atoms with Gasteiger partial charge in [-0.1, -0.05) is 73.5 Å². The van der Waals surface area contributed by atoms with E-state index in [1.807, 2.05) is 67.6 Å². The third-order valence-corrected chi connectivity index (χ3v) is 5.72. The summed E-state index contributed by atoms with van der Waals surface area (Å²) in [6.07, 6.45) is 4.21. The number of hydrogen-bond acceptors (Lipinski definition) is 3. The van der Waals surface area contributed by atoms with E-state index in [2.05, 4.69) is 10.6 Å². The van der Waals surface area contributed by atoms with Gasteiger partial charge in [-0.15, -0.1) is 0 Å². The molecule has 1 aliphatic carbocycles. The molecular weight excluding hydrogens is 374 g/mol. The second-order valence-electron chi connectivity index (χ2n) is 8.28. The molecule has 1 aliphatic rings. The summed E-state index contributed by atoms with van der Waals surface area (Å²) < 4.78 is 0. The zero-order valence-electron chi connectivity index (χ0n) is 17.7. The van der Waals surface area contributed by atoms with Crippen molar-refractivity contribution in [3.05, 3.63) is 71.8 Å². The third-order valence-electron chi connectivity index (χ3n) is 5.72. The highest BCUT2D eigenvalue weighted by Crippen LogP contribution is 2.36. The van der Waals surface area contributed by atoms with Crippen molar-refractivity contribution in [2.45, 2.75) is 51.1 Å². The first kappa shape index (κ1) is 22.0. The maximum atomic E-state index is 13.0. The van der Waals surface area contributed by atoms with Gasteiger partial charge in [0, 0.05) is 12.6 Å². The molecule has 0 bridgehead atoms. The second-order valence-corrected chi connectivity index (χ2v) is 8.28. The molecule has 0 spiro atoms. The van der Waals surface area contributed by atoms with Gasteiger partial charge in [0.2, 0.25) is 11.8 Å². The lowest BCUT2D eigenvalue weighted by molar-refractivity contribution is -0.128. The standard InChI is InChI=1S/C25H33N3O2/c1-2-27-24(29)21(15-20-13-14-20)23(17-19-11-7-4-8-12-19)28-25(30)22(26)16-18-9-5-3-6-10-18/h3-12,20-23H,2,13-17,26H2,1H3,(H,27,29)(H,28,30)/t21?,22?,23-/m1/s1. The van der Waals surface area contributed by atoms with Gasteiger partial charge in [0.05, 0.1) is 12.0 Å². The average Bonchev–Trinajstić information content (AvgIpc) is 3.57. The zero-order valence-corrected chi connectivity index (χ0v) is 17.7. The van der Waals surface area contributed by atoms with Crippen molar-refractivity contribution in [2.24, 2.45) is 17.6 Å². The molecule has 4 N–H and O–H groups in total. The second kappa shape index (κ2) is 10.9. The summed E-state index contributed by atoms with van der Waals surface area (Å²) in [5.41, 5.74) is 8.35. The number of nitrogens with one attached hydrogen (secondary N) is 2. The third kappa shape index (κ3) is 6.70. The van der Waals surface area contributed by atoms with Crippen LogP contribution in [0, 0.1) is 11.8 Å². The number of nitrogens with two attached hydrogens (primary N) is 1. The molecule has 0 saturated heterocycles. The Labute approximate surface area is 179 Å². The van der Waals surface area contributed by atoms with Crippen molar-refractivity contribution in [1.82, 2.24) is 10.6 Å². The van der Waals surface area contributed by atoms with Gasteiger partial charge in [-0.25, -0.2) is 0 Å². The summed E-state index contributed by atoms with van der Waals surface area (Å²) in [4.78, 5) is 25.9. The summed E-state index contributed by atoms with van der Waals surface area (Å²) in [7, 11) is 0. The first-order valence-electron chi connectivity index (χ1n) is 11.0. The van der Waals surface area contributed by atoms with Crippen LogP contribution in [-0.4, -0.2) is 30.4 Å². The van der Waals surface area contributed by atoms with Gasteiger partial charge in [0.1, 0.15) is 0 Å². The van der Waals surface area contributed by atoms with Crippen molar-refractivity contribution in [3.8, 4) is 0 Å². The Hall–Kier alpha value is -2.66. The number of carbonyl (C=O) groups is 2. The highest BCUT2D eigenvalue weighted by molar-refractivity contribution is 5.84. The van der Waals surface area contributed by atoms with Crippen LogP contribution in [0.3, 0.4) is 0 Å². The normalized spacial score (nSPS) is 16.3. The quantitative estimate of drug-likeness (QED) is 0.536. The first-order valence-corrected chi connectivity index (χ1v) is 11.0. The SMILES string of the molecule is CCNC(=O)C(CC1CC1)[C@@H](Cc1ccccc1)NC(=O)C(N)Cc1ccccc1. The fraction of sp³-hybridized carbons (Fsp3) is 0.440. The highest BCUT2D eigenvalue weighted by Gasteiger charge is 2.35. The lowest BCUT2D eigenvalue weighted by Crippen LogP contribution is -2.52. The van der Waals surface area contributed by atoms with Gasteiger partial charge in [0.25, 0.3) is 0 Å². The van der Waals surface area contributed by atoms with Gasteiger partial charge in [-0.3, -0.25) is 9.59 Å². The van der Waals surface area contributed by atoms with Crippen LogP contribution in [0.5, 0.6) is 0 Å². The zero-order chi connectivity index (χ0) is 21.3. The van der Waals surface area contributed by atoms with E-state index in [-0.39, 0.29) is 23.8 Å². The number of carbonyl (C=O) groups excluding carboxylic acids is 2. The molecule has 160 valence electrons. The van der Waals surface area contributed by atoms with Crippen molar-refractivity contribution in [2.75, 3.05) is 6.54 Å². The van der Waals surface area contributed by atoms with Gasteiger partial charge >= 0.3 is 0 Å². The molecular formula is C25H33N3O2. The van der Waals surface area contributed by atoms with Gasteiger partial charge in [-0.05, 0) is 43.2 Å². The Balaban J connectivity index is 1.74.